The third kappa shape index (κ3) is 5.31. The van der Waals surface area contributed by atoms with Gasteiger partial charge in [-0.1, -0.05) is 36.4 Å². The average Bonchev–Trinajstić information content (AvgIpc) is 2.61. The number of amides is 1. The summed E-state index contributed by atoms with van der Waals surface area (Å²) >= 11 is 0. The molecule has 134 valence electrons. The zero-order valence-corrected chi connectivity index (χ0v) is 15.2. The number of carbonyl (C=O) groups excluding carboxylic acids is 1. The maximum atomic E-state index is 13.0. The molecule has 2 aromatic rings. The Morgan fingerprint density at radius 2 is 1.84 bits per heavy atom. The highest BCUT2D eigenvalue weighted by molar-refractivity contribution is 5.96. The molecule has 0 saturated carbocycles. The lowest BCUT2D eigenvalue weighted by Gasteiger charge is -2.23. The molecule has 0 aliphatic carbocycles. The quantitative estimate of drug-likeness (QED) is 0.773. The SMILES string of the molecule is COC[C@H](C)N[C@@H](C(=O)Nc1cc(C)ccc1OC)c1ccccc1. The maximum Gasteiger partial charge on any atom is 0.246 e. The van der Waals surface area contributed by atoms with Gasteiger partial charge in [0.15, 0.2) is 0 Å². The Bertz CT molecular complexity index is 689. The number of hydrogen-bond acceptors (Lipinski definition) is 4. The van der Waals surface area contributed by atoms with Crippen molar-refractivity contribution < 1.29 is 14.3 Å². The second kappa shape index (κ2) is 9.20. The molecular formula is C20H26N2O3. The van der Waals surface area contributed by atoms with E-state index in [2.05, 4.69) is 10.6 Å². The van der Waals surface area contributed by atoms with Crippen LogP contribution in [-0.2, 0) is 9.53 Å². The molecule has 0 aliphatic rings. The van der Waals surface area contributed by atoms with Gasteiger partial charge in [-0.2, -0.15) is 0 Å². The van der Waals surface area contributed by atoms with Gasteiger partial charge in [0.2, 0.25) is 5.91 Å². The second-order valence-electron chi connectivity index (χ2n) is 6.06. The largest absolute Gasteiger partial charge is 0.495 e. The van der Waals surface area contributed by atoms with Gasteiger partial charge in [-0.3, -0.25) is 10.1 Å². The molecule has 5 nitrogen and oxygen atoms in total. The summed E-state index contributed by atoms with van der Waals surface area (Å²) in [5.74, 6) is 0.494. The summed E-state index contributed by atoms with van der Waals surface area (Å²) in [4.78, 5) is 13.0. The second-order valence-corrected chi connectivity index (χ2v) is 6.06. The fourth-order valence-electron chi connectivity index (χ4n) is 2.68. The highest BCUT2D eigenvalue weighted by Crippen LogP contribution is 2.26. The van der Waals surface area contributed by atoms with Gasteiger partial charge in [0.25, 0.3) is 0 Å². The van der Waals surface area contributed by atoms with E-state index in [9.17, 15) is 4.79 Å². The van der Waals surface area contributed by atoms with Gasteiger partial charge in [-0.15, -0.1) is 0 Å². The van der Waals surface area contributed by atoms with E-state index >= 15 is 0 Å². The van der Waals surface area contributed by atoms with Crippen LogP contribution in [0.2, 0.25) is 0 Å². The number of methoxy groups -OCH3 is 2. The van der Waals surface area contributed by atoms with Gasteiger partial charge in [0.1, 0.15) is 11.8 Å². The monoisotopic (exact) mass is 342 g/mol. The Labute approximate surface area is 149 Å². The average molecular weight is 342 g/mol. The number of hydrogen-bond donors (Lipinski definition) is 2. The van der Waals surface area contributed by atoms with Crippen LogP contribution in [0.3, 0.4) is 0 Å². The smallest absolute Gasteiger partial charge is 0.246 e. The van der Waals surface area contributed by atoms with E-state index in [0.717, 1.165) is 11.1 Å². The first kappa shape index (κ1) is 19.0. The van der Waals surface area contributed by atoms with Crippen molar-refractivity contribution in [1.82, 2.24) is 5.32 Å². The number of ether oxygens (including phenoxy) is 2. The van der Waals surface area contributed by atoms with E-state index in [1.165, 1.54) is 0 Å². The summed E-state index contributed by atoms with van der Waals surface area (Å²) in [6.07, 6.45) is 0. The van der Waals surface area contributed by atoms with E-state index in [4.69, 9.17) is 9.47 Å². The van der Waals surface area contributed by atoms with Crippen molar-refractivity contribution in [2.24, 2.45) is 0 Å². The van der Waals surface area contributed by atoms with Crippen LogP contribution in [-0.4, -0.2) is 32.8 Å². The lowest BCUT2D eigenvalue weighted by Crippen LogP contribution is -2.40. The van der Waals surface area contributed by atoms with Crippen molar-refractivity contribution in [3.05, 3.63) is 59.7 Å². The molecule has 0 heterocycles. The summed E-state index contributed by atoms with van der Waals surface area (Å²) in [5.41, 5.74) is 2.61. The zero-order chi connectivity index (χ0) is 18.2. The van der Waals surface area contributed by atoms with Gasteiger partial charge in [-0.05, 0) is 37.1 Å². The van der Waals surface area contributed by atoms with Crippen LogP contribution in [0.1, 0.15) is 24.1 Å². The zero-order valence-electron chi connectivity index (χ0n) is 15.2. The highest BCUT2D eigenvalue weighted by Gasteiger charge is 2.23. The highest BCUT2D eigenvalue weighted by atomic mass is 16.5. The summed E-state index contributed by atoms with van der Waals surface area (Å²) < 4.78 is 10.5. The predicted octanol–water partition coefficient (Wildman–Crippen LogP) is 3.31. The Morgan fingerprint density at radius 1 is 1.12 bits per heavy atom. The first-order chi connectivity index (χ1) is 12.0. The third-order valence-electron chi connectivity index (χ3n) is 3.88. The molecule has 2 rings (SSSR count). The van der Waals surface area contributed by atoms with Crippen molar-refractivity contribution in [2.45, 2.75) is 25.9 Å². The molecule has 5 heteroatoms. The molecule has 0 fully saturated rings. The van der Waals surface area contributed by atoms with Gasteiger partial charge in [0.05, 0.1) is 19.4 Å². The Balaban J connectivity index is 2.25. The van der Waals surface area contributed by atoms with E-state index in [0.29, 0.717) is 18.0 Å². The first-order valence-corrected chi connectivity index (χ1v) is 8.30. The van der Waals surface area contributed by atoms with Crippen molar-refractivity contribution in [2.75, 3.05) is 26.1 Å². The van der Waals surface area contributed by atoms with Crippen LogP contribution in [0.4, 0.5) is 5.69 Å². The van der Waals surface area contributed by atoms with Gasteiger partial charge >= 0.3 is 0 Å². The fraction of sp³-hybridized carbons (Fsp3) is 0.350. The summed E-state index contributed by atoms with van der Waals surface area (Å²) in [7, 11) is 3.24. The van der Waals surface area contributed by atoms with Crippen molar-refractivity contribution in [3.8, 4) is 5.75 Å². The summed E-state index contributed by atoms with van der Waals surface area (Å²) in [6, 6.07) is 14.9. The molecule has 2 N–H and O–H groups in total. The van der Waals surface area contributed by atoms with Gasteiger partial charge in [-0.25, -0.2) is 0 Å². The number of anilines is 1. The minimum Gasteiger partial charge on any atom is -0.495 e. The maximum absolute atomic E-state index is 13.0. The van der Waals surface area contributed by atoms with Crippen molar-refractivity contribution >= 4 is 11.6 Å². The summed E-state index contributed by atoms with van der Waals surface area (Å²) in [5, 5.41) is 6.31. The number of aryl methyl sites for hydroxylation is 1. The lowest BCUT2D eigenvalue weighted by molar-refractivity contribution is -0.118. The molecule has 2 atom stereocenters. The topological polar surface area (TPSA) is 59.6 Å². The van der Waals surface area contributed by atoms with Crippen molar-refractivity contribution in [3.63, 3.8) is 0 Å². The van der Waals surface area contributed by atoms with Gasteiger partial charge in [0, 0.05) is 13.2 Å². The molecule has 0 radical (unpaired) electrons. The molecular weight excluding hydrogens is 316 g/mol. The number of nitrogens with one attached hydrogen (secondary N) is 2. The van der Waals surface area contributed by atoms with Crippen LogP contribution in [0, 0.1) is 6.92 Å². The summed E-state index contributed by atoms with van der Waals surface area (Å²) in [6.45, 7) is 4.48. The minimum absolute atomic E-state index is 0.0281. The Morgan fingerprint density at radius 3 is 2.48 bits per heavy atom. The number of rotatable bonds is 8. The van der Waals surface area contributed by atoms with Crippen LogP contribution in [0.15, 0.2) is 48.5 Å². The number of benzene rings is 2. The molecule has 1 amide bonds. The standard InChI is InChI=1S/C20H26N2O3/c1-14-10-11-18(25-4)17(12-14)22-20(23)19(21-15(2)13-24-3)16-8-6-5-7-9-16/h5-12,15,19,21H,13H2,1-4H3,(H,22,23)/t15-,19+/m0/s1. The third-order valence-corrected chi connectivity index (χ3v) is 3.88. The van der Waals surface area contributed by atoms with Crippen LogP contribution >= 0.6 is 0 Å². The van der Waals surface area contributed by atoms with Crippen LogP contribution < -0.4 is 15.4 Å². The fourth-order valence-corrected chi connectivity index (χ4v) is 2.68. The van der Waals surface area contributed by atoms with Crippen LogP contribution in [0.5, 0.6) is 5.75 Å². The number of carbonyl (C=O) groups is 1. The molecule has 0 bridgehead atoms. The first-order valence-electron chi connectivity index (χ1n) is 8.30. The van der Waals surface area contributed by atoms with Crippen LogP contribution in [0.25, 0.3) is 0 Å². The van der Waals surface area contributed by atoms with Gasteiger partial charge < -0.3 is 14.8 Å². The predicted molar refractivity (Wildman–Crippen MR) is 100 cm³/mol. The molecule has 0 spiro atoms. The van der Waals surface area contributed by atoms with E-state index in [1.54, 1.807) is 14.2 Å². The Kier molecular flexibility index (Phi) is 6.98. The molecule has 2 aromatic carbocycles. The minimum atomic E-state index is -0.489. The molecule has 0 aliphatic heterocycles. The van der Waals surface area contributed by atoms with Crippen molar-refractivity contribution in [1.29, 1.82) is 0 Å². The molecule has 0 unspecified atom stereocenters. The molecule has 0 saturated heterocycles. The van der Waals surface area contributed by atoms with E-state index in [1.807, 2.05) is 62.4 Å². The van der Waals surface area contributed by atoms with E-state index < -0.39 is 6.04 Å². The lowest BCUT2D eigenvalue weighted by atomic mass is 10.0. The molecule has 0 aromatic heterocycles. The molecule has 25 heavy (non-hydrogen) atoms. The van der Waals surface area contributed by atoms with E-state index in [-0.39, 0.29) is 11.9 Å². The normalized spacial score (nSPS) is 13.1. The Hall–Kier alpha value is -2.37.